The van der Waals surface area contributed by atoms with Crippen LogP contribution in [0.2, 0.25) is 0 Å². The van der Waals surface area contributed by atoms with E-state index in [0.717, 1.165) is 12.2 Å². The summed E-state index contributed by atoms with van der Waals surface area (Å²) in [4.78, 5) is 25.1. The lowest BCUT2D eigenvalue weighted by atomic mass is 10.1. The summed E-state index contributed by atoms with van der Waals surface area (Å²) in [6, 6.07) is 0. The Hall–Kier alpha value is -1.89. The van der Waals surface area contributed by atoms with Crippen molar-refractivity contribution in [3.8, 4) is 5.75 Å². The third-order valence-corrected chi connectivity index (χ3v) is 3.09. The van der Waals surface area contributed by atoms with Crippen molar-refractivity contribution in [2.75, 3.05) is 34.9 Å². The second-order valence-electron chi connectivity index (χ2n) is 4.98. The maximum Gasteiger partial charge on any atom is 0.305 e. The molecule has 0 saturated heterocycles. The Morgan fingerprint density at radius 1 is 1.29 bits per heavy atom. The number of hydrogen-bond acceptors (Lipinski definition) is 6. The van der Waals surface area contributed by atoms with Crippen LogP contribution < -0.4 is 4.74 Å². The van der Waals surface area contributed by atoms with E-state index in [1.54, 1.807) is 18.0 Å². The van der Waals surface area contributed by atoms with Crippen molar-refractivity contribution in [1.82, 2.24) is 14.7 Å². The molecule has 0 aliphatic carbocycles. The van der Waals surface area contributed by atoms with Crippen LogP contribution in [0.3, 0.4) is 0 Å². The molecule has 0 spiro atoms. The van der Waals surface area contributed by atoms with Gasteiger partial charge in [0.05, 0.1) is 45.5 Å². The Morgan fingerprint density at radius 2 is 2.00 bits per heavy atom. The normalized spacial score (nSPS) is 10.7. The molecular formula is C14H23N3O4. The number of likely N-dealkylation sites (N-methyl/N-ethyl adjacent to an activating group) is 1. The quantitative estimate of drug-likeness (QED) is 0.619. The number of esters is 1. The highest BCUT2D eigenvalue weighted by atomic mass is 16.5. The lowest BCUT2D eigenvalue weighted by Crippen LogP contribution is -2.21. The lowest BCUT2D eigenvalue weighted by Gasteiger charge is -2.12. The van der Waals surface area contributed by atoms with Crippen LogP contribution in [-0.4, -0.2) is 61.3 Å². The van der Waals surface area contributed by atoms with Crippen LogP contribution >= 0.6 is 0 Å². The van der Waals surface area contributed by atoms with Gasteiger partial charge in [-0.25, -0.2) is 0 Å². The average molecular weight is 297 g/mol. The minimum atomic E-state index is -0.378. The van der Waals surface area contributed by atoms with Gasteiger partial charge in [-0.05, 0) is 14.1 Å². The van der Waals surface area contributed by atoms with Crippen LogP contribution in [-0.2, 0) is 27.3 Å². The lowest BCUT2D eigenvalue weighted by molar-refractivity contribution is -0.141. The molecule has 0 aromatic carbocycles. The number of hydrogen-bond donors (Lipinski definition) is 0. The van der Waals surface area contributed by atoms with Crippen LogP contribution in [0.5, 0.6) is 5.75 Å². The number of methoxy groups -OCH3 is 2. The van der Waals surface area contributed by atoms with Crippen molar-refractivity contribution >= 4 is 11.8 Å². The van der Waals surface area contributed by atoms with E-state index in [2.05, 4.69) is 9.84 Å². The topological polar surface area (TPSA) is 73.7 Å². The minimum Gasteiger partial charge on any atom is -0.493 e. The fraction of sp³-hybridized carbons (Fsp3) is 0.643. The van der Waals surface area contributed by atoms with E-state index >= 15 is 0 Å². The zero-order chi connectivity index (χ0) is 15.8. The highest BCUT2D eigenvalue weighted by Crippen LogP contribution is 2.19. The molecule has 0 saturated carbocycles. The predicted molar refractivity (Wildman–Crippen MR) is 77.3 cm³/mol. The molecule has 0 N–H and O–H groups in total. The SMILES string of the molecule is COC(=O)CCC(=O)Cc1c(OC)cnn1CCN(C)C. The summed E-state index contributed by atoms with van der Waals surface area (Å²) in [6.45, 7) is 1.49. The zero-order valence-electron chi connectivity index (χ0n) is 13.1. The summed E-state index contributed by atoms with van der Waals surface area (Å²) in [5.74, 6) is 0.182. The summed E-state index contributed by atoms with van der Waals surface area (Å²) in [5, 5.41) is 4.24. The van der Waals surface area contributed by atoms with Crippen molar-refractivity contribution < 1.29 is 19.1 Å². The van der Waals surface area contributed by atoms with E-state index in [0.29, 0.717) is 12.3 Å². The third kappa shape index (κ3) is 5.55. The molecule has 21 heavy (non-hydrogen) atoms. The molecule has 1 aromatic rings. The number of ketones is 1. The van der Waals surface area contributed by atoms with Gasteiger partial charge in [-0.15, -0.1) is 0 Å². The first-order valence-corrected chi connectivity index (χ1v) is 6.79. The van der Waals surface area contributed by atoms with Gasteiger partial charge in [-0.3, -0.25) is 14.3 Å². The molecular weight excluding hydrogens is 274 g/mol. The molecule has 7 nitrogen and oxygen atoms in total. The van der Waals surface area contributed by atoms with Crippen molar-refractivity contribution in [3.05, 3.63) is 11.9 Å². The smallest absolute Gasteiger partial charge is 0.305 e. The van der Waals surface area contributed by atoms with Gasteiger partial charge in [-0.1, -0.05) is 0 Å². The van der Waals surface area contributed by atoms with Gasteiger partial charge in [0.15, 0.2) is 5.75 Å². The monoisotopic (exact) mass is 297 g/mol. The van der Waals surface area contributed by atoms with Crippen LogP contribution in [0.4, 0.5) is 0 Å². The summed E-state index contributed by atoms with van der Waals surface area (Å²) < 4.78 is 11.5. The molecule has 1 aromatic heterocycles. The molecule has 0 atom stereocenters. The van der Waals surface area contributed by atoms with Crippen molar-refractivity contribution in [1.29, 1.82) is 0 Å². The molecule has 1 heterocycles. The molecule has 7 heteroatoms. The van der Waals surface area contributed by atoms with E-state index in [1.165, 1.54) is 7.11 Å². The van der Waals surface area contributed by atoms with Gasteiger partial charge in [0.2, 0.25) is 0 Å². The molecule has 1 rings (SSSR count). The standard InChI is InChI=1S/C14H23N3O4/c1-16(2)7-8-17-12(13(20-3)10-15-17)9-11(18)5-6-14(19)21-4/h10H,5-9H2,1-4H3. The van der Waals surface area contributed by atoms with Crippen molar-refractivity contribution in [2.45, 2.75) is 25.8 Å². The molecule has 0 amide bonds. The maximum absolute atomic E-state index is 12.0. The van der Waals surface area contributed by atoms with Gasteiger partial charge in [-0.2, -0.15) is 5.10 Å². The second kappa shape index (κ2) is 8.41. The average Bonchev–Trinajstić information content (AvgIpc) is 2.84. The summed E-state index contributed by atoms with van der Waals surface area (Å²) in [5.41, 5.74) is 0.745. The highest BCUT2D eigenvalue weighted by molar-refractivity contribution is 5.84. The number of rotatable bonds is 9. The first kappa shape index (κ1) is 17.2. The Kier molecular flexibility index (Phi) is 6.87. The number of ether oxygens (including phenoxy) is 2. The molecule has 0 unspecified atom stereocenters. The number of carbonyl (C=O) groups is 2. The van der Waals surface area contributed by atoms with Crippen LogP contribution in [0.1, 0.15) is 18.5 Å². The Morgan fingerprint density at radius 3 is 2.57 bits per heavy atom. The fourth-order valence-electron chi connectivity index (χ4n) is 1.85. The Bertz CT molecular complexity index is 483. The van der Waals surface area contributed by atoms with E-state index in [1.807, 2.05) is 19.0 Å². The number of Topliss-reactive ketones (excluding diaryl/α,β-unsaturated/α-hetero) is 1. The van der Waals surface area contributed by atoms with Gasteiger partial charge in [0, 0.05) is 13.0 Å². The largest absolute Gasteiger partial charge is 0.493 e. The van der Waals surface area contributed by atoms with Crippen molar-refractivity contribution in [3.63, 3.8) is 0 Å². The molecule has 0 radical (unpaired) electrons. The molecule has 0 aliphatic heterocycles. The minimum absolute atomic E-state index is 0.0368. The number of carbonyl (C=O) groups excluding carboxylic acids is 2. The summed E-state index contributed by atoms with van der Waals surface area (Å²) >= 11 is 0. The van der Waals surface area contributed by atoms with E-state index < -0.39 is 0 Å². The molecule has 0 bridgehead atoms. The van der Waals surface area contributed by atoms with Gasteiger partial charge >= 0.3 is 5.97 Å². The highest BCUT2D eigenvalue weighted by Gasteiger charge is 2.16. The second-order valence-corrected chi connectivity index (χ2v) is 4.98. The number of aromatic nitrogens is 2. The fourth-order valence-corrected chi connectivity index (χ4v) is 1.85. The molecule has 118 valence electrons. The van der Waals surface area contributed by atoms with Crippen LogP contribution in [0.15, 0.2) is 6.20 Å². The Balaban J connectivity index is 2.68. The van der Waals surface area contributed by atoms with E-state index in [-0.39, 0.29) is 31.0 Å². The van der Waals surface area contributed by atoms with E-state index in [9.17, 15) is 9.59 Å². The first-order chi connectivity index (χ1) is 9.97. The van der Waals surface area contributed by atoms with Crippen LogP contribution in [0, 0.1) is 0 Å². The predicted octanol–water partition coefficient (Wildman–Crippen LogP) is 0.518. The number of nitrogens with zero attached hydrogens (tertiary/aromatic N) is 3. The first-order valence-electron chi connectivity index (χ1n) is 6.79. The van der Waals surface area contributed by atoms with Gasteiger partial charge < -0.3 is 14.4 Å². The van der Waals surface area contributed by atoms with Gasteiger partial charge in [0.1, 0.15) is 5.78 Å². The van der Waals surface area contributed by atoms with Crippen LogP contribution in [0.25, 0.3) is 0 Å². The molecule has 0 aliphatic rings. The third-order valence-electron chi connectivity index (χ3n) is 3.09. The zero-order valence-corrected chi connectivity index (χ0v) is 13.1. The van der Waals surface area contributed by atoms with Gasteiger partial charge in [0.25, 0.3) is 0 Å². The summed E-state index contributed by atoms with van der Waals surface area (Å²) in [7, 11) is 6.81. The van der Waals surface area contributed by atoms with Crippen molar-refractivity contribution in [2.24, 2.45) is 0 Å². The Labute approximate surface area is 124 Å². The molecule has 0 fully saturated rings. The maximum atomic E-state index is 12.0. The summed E-state index contributed by atoms with van der Waals surface area (Å²) in [6.07, 6.45) is 2.07. The van der Waals surface area contributed by atoms with E-state index in [4.69, 9.17) is 4.74 Å².